The number of halogens is 3. The van der Waals surface area contributed by atoms with Gasteiger partial charge in [0.15, 0.2) is 0 Å². The molecule has 0 radical (unpaired) electrons. The van der Waals surface area contributed by atoms with Gasteiger partial charge in [0.1, 0.15) is 17.9 Å². The van der Waals surface area contributed by atoms with E-state index in [9.17, 15) is 27.9 Å². The van der Waals surface area contributed by atoms with Crippen molar-refractivity contribution >= 4 is 22.6 Å². The van der Waals surface area contributed by atoms with Gasteiger partial charge >= 0.3 is 12.1 Å². The summed E-state index contributed by atoms with van der Waals surface area (Å²) >= 11 is 0. The molecule has 2 aromatic carbocycles. The second-order valence-electron chi connectivity index (χ2n) is 8.23. The van der Waals surface area contributed by atoms with Crippen molar-refractivity contribution < 1.29 is 32.6 Å². The molecule has 1 amide bonds. The van der Waals surface area contributed by atoms with Gasteiger partial charge in [-0.3, -0.25) is 4.79 Å². The summed E-state index contributed by atoms with van der Waals surface area (Å²) in [5.74, 6) is -1.45. The zero-order valence-corrected chi connectivity index (χ0v) is 18.7. The van der Waals surface area contributed by atoms with Crippen LogP contribution in [0.2, 0.25) is 0 Å². The van der Waals surface area contributed by atoms with Gasteiger partial charge < -0.3 is 15.2 Å². The van der Waals surface area contributed by atoms with Crippen LogP contribution in [0.3, 0.4) is 0 Å². The Bertz CT molecular complexity index is 1160. The number of benzene rings is 2. The van der Waals surface area contributed by atoms with Crippen LogP contribution < -0.4 is 10.1 Å². The number of rotatable bonds is 8. The van der Waals surface area contributed by atoms with Crippen LogP contribution in [0.1, 0.15) is 43.0 Å². The lowest BCUT2D eigenvalue weighted by Gasteiger charge is -2.26. The highest BCUT2D eigenvalue weighted by atomic mass is 19.4. The maximum absolute atomic E-state index is 13.2. The Labute approximate surface area is 195 Å². The molecule has 0 aromatic heterocycles. The summed E-state index contributed by atoms with van der Waals surface area (Å²) in [6, 6.07) is 10.5. The number of ether oxygens (including phenoxy) is 1. The van der Waals surface area contributed by atoms with E-state index in [-0.39, 0.29) is 23.5 Å². The van der Waals surface area contributed by atoms with Crippen LogP contribution >= 0.6 is 0 Å². The van der Waals surface area contributed by atoms with E-state index in [2.05, 4.69) is 11.9 Å². The van der Waals surface area contributed by atoms with Crippen LogP contribution in [-0.2, 0) is 4.79 Å². The Morgan fingerprint density at radius 2 is 1.82 bits per heavy atom. The summed E-state index contributed by atoms with van der Waals surface area (Å²) in [6.45, 7) is 4.88. The molecule has 0 heterocycles. The molecule has 2 aromatic rings. The number of alkyl halides is 3. The topological polar surface area (TPSA) is 75.6 Å². The molecule has 0 atom stereocenters. The van der Waals surface area contributed by atoms with Crippen LogP contribution in [-0.4, -0.2) is 35.3 Å². The fourth-order valence-electron chi connectivity index (χ4n) is 4.01. The highest BCUT2D eigenvalue weighted by Gasteiger charge is 2.43. The van der Waals surface area contributed by atoms with Crippen molar-refractivity contribution in [2.45, 2.75) is 44.3 Å². The molecular formula is C26H26F3NO4. The minimum atomic E-state index is -4.48. The van der Waals surface area contributed by atoms with E-state index >= 15 is 0 Å². The third kappa shape index (κ3) is 5.50. The van der Waals surface area contributed by atoms with Gasteiger partial charge in [0.2, 0.25) is 0 Å². The van der Waals surface area contributed by atoms with E-state index in [0.29, 0.717) is 31.1 Å². The third-order valence-electron chi connectivity index (χ3n) is 5.88. The molecule has 1 fully saturated rings. The van der Waals surface area contributed by atoms with Gasteiger partial charge in [-0.2, -0.15) is 13.2 Å². The average molecular weight is 473 g/mol. The maximum atomic E-state index is 13.2. The zero-order chi connectivity index (χ0) is 24.9. The quantitative estimate of drug-likeness (QED) is 0.464. The Balaban J connectivity index is 1.87. The molecule has 1 aliphatic rings. The number of hydrogen-bond donors (Lipinski definition) is 2. The second kappa shape index (κ2) is 10.2. The molecule has 3 rings (SSSR count). The molecule has 0 saturated heterocycles. The van der Waals surface area contributed by atoms with E-state index in [4.69, 9.17) is 4.74 Å². The molecule has 34 heavy (non-hydrogen) atoms. The number of carbonyl (C=O) groups excluding carboxylic acids is 1. The Morgan fingerprint density at radius 1 is 1.15 bits per heavy atom. The highest BCUT2D eigenvalue weighted by Crippen LogP contribution is 2.34. The van der Waals surface area contributed by atoms with E-state index < -0.39 is 29.2 Å². The fraction of sp³-hybridized carbons (Fsp3) is 0.308. The van der Waals surface area contributed by atoms with Crippen LogP contribution in [0, 0.1) is 0 Å². The predicted octanol–water partition coefficient (Wildman–Crippen LogP) is 5.97. The lowest BCUT2D eigenvalue weighted by molar-refractivity contribution is -0.144. The van der Waals surface area contributed by atoms with Crippen molar-refractivity contribution in [2.75, 3.05) is 6.61 Å². The number of amides is 1. The molecular weight excluding hydrogens is 447 g/mol. The Morgan fingerprint density at radius 3 is 2.44 bits per heavy atom. The summed E-state index contributed by atoms with van der Waals surface area (Å²) in [5.41, 5.74) is -1.73. The predicted molar refractivity (Wildman–Crippen MR) is 124 cm³/mol. The van der Waals surface area contributed by atoms with Crippen LogP contribution in [0.5, 0.6) is 5.75 Å². The molecule has 2 N–H and O–H groups in total. The first-order valence-electron chi connectivity index (χ1n) is 10.9. The number of carbonyl (C=O) groups is 2. The molecule has 1 saturated carbocycles. The SMILES string of the molecule is C=C(/C=C\C(=C/C)C(F)(F)F)COc1c(C(=O)NC2(C(=O)O)CCCC2)ccc2ccccc12. The Kier molecular flexibility index (Phi) is 7.49. The second-order valence-corrected chi connectivity index (χ2v) is 8.23. The van der Waals surface area contributed by atoms with Gasteiger partial charge in [0, 0.05) is 5.39 Å². The first-order valence-corrected chi connectivity index (χ1v) is 10.9. The lowest BCUT2D eigenvalue weighted by Crippen LogP contribution is -2.52. The van der Waals surface area contributed by atoms with Gasteiger partial charge in [0.05, 0.1) is 11.1 Å². The smallest absolute Gasteiger partial charge is 0.416 e. The maximum Gasteiger partial charge on any atom is 0.416 e. The first-order chi connectivity index (χ1) is 16.1. The minimum Gasteiger partial charge on any atom is -0.487 e. The van der Waals surface area contributed by atoms with E-state index in [1.807, 2.05) is 12.1 Å². The first kappa shape index (κ1) is 25.1. The van der Waals surface area contributed by atoms with E-state index in [1.54, 1.807) is 24.3 Å². The number of carboxylic acid groups (broad SMARTS) is 1. The number of hydrogen-bond acceptors (Lipinski definition) is 3. The fourth-order valence-corrected chi connectivity index (χ4v) is 4.01. The number of allylic oxidation sites excluding steroid dienone is 3. The van der Waals surface area contributed by atoms with Crippen molar-refractivity contribution in [1.29, 1.82) is 0 Å². The van der Waals surface area contributed by atoms with Crippen molar-refractivity contribution in [3.63, 3.8) is 0 Å². The van der Waals surface area contributed by atoms with E-state index in [0.717, 1.165) is 17.5 Å². The van der Waals surface area contributed by atoms with Crippen LogP contribution in [0.15, 0.2) is 72.4 Å². The van der Waals surface area contributed by atoms with Crippen LogP contribution in [0.25, 0.3) is 10.8 Å². The van der Waals surface area contributed by atoms with Crippen molar-refractivity contribution in [1.82, 2.24) is 5.32 Å². The molecule has 0 aliphatic heterocycles. The van der Waals surface area contributed by atoms with Crippen molar-refractivity contribution in [2.24, 2.45) is 0 Å². The van der Waals surface area contributed by atoms with Gasteiger partial charge in [-0.05, 0) is 42.9 Å². The molecule has 1 aliphatic carbocycles. The number of aliphatic carboxylic acids is 1. The summed E-state index contributed by atoms with van der Waals surface area (Å²) < 4.78 is 44.7. The number of nitrogens with one attached hydrogen (secondary N) is 1. The van der Waals surface area contributed by atoms with Crippen LogP contribution in [0.4, 0.5) is 13.2 Å². The van der Waals surface area contributed by atoms with Gasteiger partial charge in [-0.15, -0.1) is 0 Å². The van der Waals surface area contributed by atoms with Crippen molar-refractivity contribution in [3.05, 3.63) is 77.9 Å². The third-order valence-corrected chi connectivity index (χ3v) is 5.88. The largest absolute Gasteiger partial charge is 0.487 e. The minimum absolute atomic E-state index is 0.146. The monoisotopic (exact) mass is 473 g/mol. The molecule has 0 unspecified atom stereocenters. The zero-order valence-electron chi connectivity index (χ0n) is 18.7. The van der Waals surface area contributed by atoms with Gasteiger partial charge in [0.25, 0.3) is 5.91 Å². The average Bonchev–Trinajstić information content (AvgIpc) is 3.26. The normalized spacial score (nSPS) is 16.1. The van der Waals surface area contributed by atoms with Gasteiger partial charge in [-0.1, -0.05) is 61.9 Å². The van der Waals surface area contributed by atoms with Crippen molar-refractivity contribution in [3.8, 4) is 5.75 Å². The Hall–Kier alpha value is -3.55. The molecule has 0 spiro atoms. The van der Waals surface area contributed by atoms with Gasteiger partial charge in [-0.25, -0.2) is 4.79 Å². The summed E-state index contributed by atoms with van der Waals surface area (Å²) in [7, 11) is 0. The number of fused-ring (bicyclic) bond motifs is 1. The summed E-state index contributed by atoms with van der Waals surface area (Å²) in [4.78, 5) is 25.0. The molecule has 8 heteroatoms. The van der Waals surface area contributed by atoms with E-state index in [1.165, 1.54) is 13.0 Å². The molecule has 180 valence electrons. The standard InChI is InChI=1S/C26H26F3NO4/c1-3-19(26(27,28)29)12-10-17(2)16-34-22-20-9-5-4-8-18(20)11-13-21(22)23(31)30-25(24(32)33)14-6-7-15-25/h3-5,8-13H,2,6-7,14-16H2,1H3,(H,30,31)(H,32,33)/b12-10-,19-3+. The molecule has 0 bridgehead atoms. The highest BCUT2D eigenvalue weighted by molar-refractivity contribution is 6.05. The summed E-state index contributed by atoms with van der Waals surface area (Å²) in [6.07, 6.45) is 0.688. The lowest BCUT2D eigenvalue weighted by atomic mass is 9.96. The molecule has 5 nitrogen and oxygen atoms in total. The number of carboxylic acids is 1. The summed E-state index contributed by atoms with van der Waals surface area (Å²) in [5, 5.41) is 13.8.